The molecule has 0 radical (unpaired) electrons. The SMILES string of the molecule is CC1=CC(c2ccccc2)OCC(CCl)O1. The number of ether oxygens (including phenoxy) is 2. The summed E-state index contributed by atoms with van der Waals surface area (Å²) in [6.45, 7) is 2.46. The van der Waals surface area contributed by atoms with Gasteiger partial charge in [-0.25, -0.2) is 0 Å². The summed E-state index contributed by atoms with van der Waals surface area (Å²) in [6.07, 6.45) is 1.91. The molecule has 0 aliphatic carbocycles. The summed E-state index contributed by atoms with van der Waals surface area (Å²) < 4.78 is 11.4. The van der Waals surface area contributed by atoms with Crippen molar-refractivity contribution in [3.8, 4) is 0 Å². The first kappa shape index (κ1) is 11.5. The topological polar surface area (TPSA) is 18.5 Å². The molecule has 2 rings (SSSR count). The minimum atomic E-state index is -0.0494. The summed E-state index contributed by atoms with van der Waals surface area (Å²) in [7, 11) is 0. The second kappa shape index (κ2) is 5.37. The van der Waals surface area contributed by atoms with Gasteiger partial charge in [-0.15, -0.1) is 11.6 Å². The second-order valence-electron chi connectivity index (χ2n) is 3.84. The number of hydrogen-bond donors (Lipinski definition) is 0. The van der Waals surface area contributed by atoms with E-state index < -0.39 is 0 Å². The average Bonchev–Trinajstić information content (AvgIpc) is 2.52. The Morgan fingerprint density at radius 2 is 2.06 bits per heavy atom. The van der Waals surface area contributed by atoms with Crippen LogP contribution in [0.5, 0.6) is 0 Å². The van der Waals surface area contributed by atoms with Crippen molar-refractivity contribution in [1.29, 1.82) is 0 Å². The van der Waals surface area contributed by atoms with Crippen molar-refractivity contribution in [2.75, 3.05) is 12.5 Å². The van der Waals surface area contributed by atoms with E-state index in [4.69, 9.17) is 21.1 Å². The van der Waals surface area contributed by atoms with Gasteiger partial charge in [0.05, 0.1) is 18.2 Å². The number of hydrogen-bond acceptors (Lipinski definition) is 2. The lowest BCUT2D eigenvalue weighted by Crippen LogP contribution is -2.19. The lowest BCUT2D eigenvalue weighted by Gasteiger charge is -2.14. The lowest BCUT2D eigenvalue weighted by molar-refractivity contribution is 0.0227. The van der Waals surface area contributed by atoms with Gasteiger partial charge < -0.3 is 9.47 Å². The molecule has 0 saturated carbocycles. The Morgan fingerprint density at radius 3 is 2.75 bits per heavy atom. The number of alkyl halides is 1. The van der Waals surface area contributed by atoms with Crippen molar-refractivity contribution in [2.24, 2.45) is 0 Å². The predicted octanol–water partition coefficient (Wildman–Crippen LogP) is 3.29. The van der Waals surface area contributed by atoms with Crippen LogP contribution < -0.4 is 0 Å². The summed E-state index contributed by atoms with van der Waals surface area (Å²) in [5.41, 5.74) is 1.14. The zero-order valence-electron chi connectivity index (χ0n) is 9.23. The Hall–Kier alpha value is -0.990. The van der Waals surface area contributed by atoms with Crippen molar-refractivity contribution >= 4 is 11.6 Å². The first-order valence-corrected chi connectivity index (χ1v) is 5.90. The van der Waals surface area contributed by atoms with Gasteiger partial charge in [-0.2, -0.15) is 0 Å². The van der Waals surface area contributed by atoms with Crippen LogP contribution in [0.1, 0.15) is 18.6 Å². The largest absolute Gasteiger partial charge is 0.492 e. The number of rotatable bonds is 2. The molecule has 1 heterocycles. The highest BCUT2D eigenvalue weighted by molar-refractivity contribution is 6.18. The Balaban J connectivity index is 2.15. The highest BCUT2D eigenvalue weighted by Crippen LogP contribution is 2.24. The van der Waals surface area contributed by atoms with Gasteiger partial charge in [0.15, 0.2) is 0 Å². The normalized spacial score (nSPS) is 25.5. The maximum absolute atomic E-state index is 5.78. The second-order valence-corrected chi connectivity index (χ2v) is 4.14. The molecule has 2 unspecified atom stereocenters. The highest BCUT2D eigenvalue weighted by atomic mass is 35.5. The third kappa shape index (κ3) is 2.77. The van der Waals surface area contributed by atoms with Gasteiger partial charge in [0, 0.05) is 0 Å². The first-order chi connectivity index (χ1) is 7.79. The molecule has 0 bridgehead atoms. The van der Waals surface area contributed by atoms with E-state index in [0.29, 0.717) is 12.5 Å². The van der Waals surface area contributed by atoms with Gasteiger partial charge >= 0.3 is 0 Å². The lowest BCUT2D eigenvalue weighted by atomic mass is 10.1. The molecule has 1 aromatic rings. The molecule has 3 heteroatoms. The first-order valence-electron chi connectivity index (χ1n) is 5.37. The van der Waals surface area contributed by atoms with Crippen molar-refractivity contribution in [1.82, 2.24) is 0 Å². The van der Waals surface area contributed by atoms with Crippen LogP contribution in [0.3, 0.4) is 0 Å². The molecule has 0 spiro atoms. The molecule has 1 aliphatic rings. The van der Waals surface area contributed by atoms with Crippen LogP contribution >= 0.6 is 11.6 Å². The average molecular weight is 239 g/mol. The molecule has 2 nitrogen and oxygen atoms in total. The van der Waals surface area contributed by atoms with Crippen molar-refractivity contribution < 1.29 is 9.47 Å². The minimum absolute atomic E-state index is 0.0329. The van der Waals surface area contributed by atoms with Crippen LogP contribution in [0, 0.1) is 0 Å². The maximum atomic E-state index is 5.78. The predicted molar refractivity (Wildman–Crippen MR) is 64.5 cm³/mol. The zero-order chi connectivity index (χ0) is 11.4. The summed E-state index contributed by atoms with van der Waals surface area (Å²) >= 11 is 5.78. The quantitative estimate of drug-likeness (QED) is 0.737. The number of benzene rings is 1. The molecule has 0 fully saturated rings. The summed E-state index contributed by atoms with van der Waals surface area (Å²) in [5.74, 6) is 1.32. The molecule has 0 aromatic heterocycles. The molecule has 0 saturated heterocycles. The maximum Gasteiger partial charge on any atom is 0.135 e. The Bertz CT molecular complexity index is 361. The van der Waals surface area contributed by atoms with Crippen molar-refractivity contribution in [2.45, 2.75) is 19.1 Å². The van der Waals surface area contributed by atoms with Crippen LogP contribution in [-0.4, -0.2) is 18.6 Å². The van der Waals surface area contributed by atoms with Gasteiger partial charge in [0.1, 0.15) is 12.2 Å². The van der Waals surface area contributed by atoms with Crippen LogP contribution in [0.2, 0.25) is 0 Å². The van der Waals surface area contributed by atoms with Crippen LogP contribution in [-0.2, 0) is 9.47 Å². The fourth-order valence-corrected chi connectivity index (χ4v) is 1.87. The molecule has 86 valence electrons. The van der Waals surface area contributed by atoms with Crippen molar-refractivity contribution in [3.05, 3.63) is 47.7 Å². The molecule has 1 aliphatic heterocycles. The van der Waals surface area contributed by atoms with Crippen LogP contribution in [0.15, 0.2) is 42.2 Å². The van der Waals surface area contributed by atoms with Crippen LogP contribution in [0.25, 0.3) is 0 Å². The third-order valence-corrected chi connectivity index (χ3v) is 2.84. The minimum Gasteiger partial charge on any atom is -0.492 e. The van der Waals surface area contributed by atoms with E-state index in [1.165, 1.54) is 0 Å². The van der Waals surface area contributed by atoms with Crippen molar-refractivity contribution in [3.63, 3.8) is 0 Å². The van der Waals surface area contributed by atoms with Crippen LogP contribution in [0.4, 0.5) is 0 Å². The van der Waals surface area contributed by atoms with E-state index >= 15 is 0 Å². The standard InChI is InChI=1S/C13H15ClO2/c1-10-7-13(11-5-3-2-4-6-11)15-9-12(8-14)16-10/h2-7,12-13H,8-9H2,1H3. The zero-order valence-corrected chi connectivity index (χ0v) is 9.98. The van der Waals surface area contributed by atoms with Gasteiger partial charge in [0.2, 0.25) is 0 Å². The fraction of sp³-hybridized carbons (Fsp3) is 0.385. The monoisotopic (exact) mass is 238 g/mol. The molecule has 2 atom stereocenters. The summed E-state index contributed by atoms with van der Waals surface area (Å²) in [4.78, 5) is 0. The molecule has 0 N–H and O–H groups in total. The van der Waals surface area contributed by atoms with E-state index in [1.807, 2.05) is 31.2 Å². The molecule has 1 aromatic carbocycles. The molecule has 0 amide bonds. The highest BCUT2D eigenvalue weighted by Gasteiger charge is 2.19. The van der Waals surface area contributed by atoms with Gasteiger partial charge in [0.25, 0.3) is 0 Å². The van der Waals surface area contributed by atoms with E-state index in [2.05, 4.69) is 12.1 Å². The summed E-state index contributed by atoms with van der Waals surface area (Å²) in [5, 5.41) is 0. The van der Waals surface area contributed by atoms with Gasteiger partial charge in [-0.05, 0) is 18.6 Å². The van der Waals surface area contributed by atoms with E-state index in [9.17, 15) is 0 Å². The Morgan fingerprint density at radius 1 is 1.31 bits per heavy atom. The van der Waals surface area contributed by atoms with Gasteiger partial charge in [-0.1, -0.05) is 30.3 Å². The van der Waals surface area contributed by atoms with E-state index in [-0.39, 0.29) is 12.2 Å². The fourth-order valence-electron chi connectivity index (χ4n) is 1.72. The molecular formula is C13H15ClO2. The van der Waals surface area contributed by atoms with E-state index in [0.717, 1.165) is 11.3 Å². The summed E-state index contributed by atoms with van der Waals surface area (Å²) in [6, 6.07) is 10.1. The molecular weight excluding hydrogens is 224 g/mol. The van der Waals surface area contributed by atoms with E-state index in [1.54, 1.807) is 0 Å². The number of allylic oxidation sites excluding steroid dienone is 1. The van der Waals surface area contributed by atoms with Gasteiger partial charge in [-0.3, -0.25) is 0 Å². The smallest absolute Gasteiger partial charge is 0.135 e. The Kier molecular flexibility index (Phi) is 3.86. The number of halogens is 1. The third-order valence-electron chi connectivity index (χ3n) is 2.50. The Labute approximate surface area is 101 Å². The molecule has 16 heavy (non-hydrogen) atoms.